The Morgan fingerprint density at radius 2 is 2.14 bits per heavy atom. The molecule has 1 heterocycles. The number of ether oxygens (including phenoxy) is 1. The summed E-state index contributed by atoms with van der Waals surface area (Å²) < 4.78 is 7.33. The number of aromatic hydroxyl groups is 1. The molecule has 0 radical (unpaired) electrons. The van der Waals surface area contributed by atoms with Crippen LogP contribution in [-0.4, -0.2) is 24.4 Å². The molecule has 1 aromatic rings. The van der Waals surface area contributed by atoms with Crippen LogP contribution >= 0.6 is 0 Å². The lowest BCUT2D eigenvalue weighted by Gasteiger charge is -2.15. The molecule has 4 heteroatoms. The highest BCUT2D eigenvalue weighted by molar-refractivity contribution is 6.76. The van der Waals surface area contributed by atoms with Crippen molar-refractivity contribution < 1.29 is 9.84 Å². The summed E-state index contributed by atoms with van der Waals surface area (Å²) in [5.74, 6) is 0.291. The van der Waals surface area contributed by atoms with Crippen LogP contribution in [0, 0.1) is 0 Å². The van der Waals surface area contributed by atoms with Gasteiger partial charge in [-0.15, -0.1) is 0 Å². The molecule has 0 saturated heterocycles. The van der Waals surface area contributed by atoms with Crippen molar-refractivity contribution in [2.75, 3.05) is 6.61 Å². The van der Waals surface area contributed by atoms with Gasteiger partial charge in [-0.05, 0) is 12.1 Å². The van der Waals surface area contributed by atoms with E-state index in [0.29, 0.717) is 12.5 Å². The average Bonchev–Trinajstić information content (AvgIpc) is 2.44. The van der Waals surface area contributed by atoms with E-state index in [4.69, 9.17) is 9.84 Å². The van der Waals surface area contributed by atoms with E-state index in [2.05, 4.69) is 19.6 Å². The molecule has 0 atom stereocenters. The van der Waals surface area contributed by atoms with Crippen LogP contribution in [0.3, 0.4) is 0 Å². The Morgan fingerprint density at radius 3 is 2.64 bits per heavy atom. The monoisotopic (exact) mass is 213 g/mol. The summed E-state index contributed by atoms with van der Waals surface area (Å²) in [6.07, 6.45) is 3.47. The zero-order valence-electron chi connectivity index (χ0n) is 9.16. The zero-order valence-corrected chi connectivity index (χ0v) is 10.2. The fourth-order valence-electron chi connectivity index (χ4n) is 1.06. The molecule has 0 amide bonds. The quantitative estimate of drug-likeness (QED) is 0.602. The van der Waals surface area contributed by atoms with Gasteiger partial charge in [0.25, 0.3) is 0 Å². The van der Waals surface area contributed by atoms with Crippen LogP contribution in [0.4, 0.5) is 0 Å². The van der Waals surface area contributed by atoms with Crippen molar-refractivity contribution in [3.8, 4) is 5.75 Å². The Hall–Kier alpha value is -0.743. The second-order valence-electron chi connectivity index (χ2n) is 4.73. The lowest BCUT2D eigenvalue weighted by atomic mass is 10.6. The van der Waals surface area contributed by atoms with Crippen LogP contribution in [0.15, 0.2) is 18.5 Å². The van der Waals surface area contributed by atoms with Gasteiger partial charge in [0.05, 0.1) is 0 Å². The molecule has 0 fully saturated rings. The summed E-state index contributed by atoms with van der Waals surface area (Å²) in [7, 11) is -0.974. The van der Waals surface area contributed by atoms with Crippen LogP contribution in [0.2, 0.25) is 25.7 Å². The SMILES string of the molecule is C[Si](C)(C)CCOCn1ccc(O)c1. The third-order valence-corrected chi connectivity index (χ3v) is 3.68. The summed E-state index contributed by atoms with van der Waals surface area (Å²) in [4.78, 5) is 0. The van der Waals surface area contributed by atoms with Gasteiger partial charge in [0.1, 0.15) is 12.5 Å². The Morgan fingerprint density at radius 1 is 1.43 bits per heavy atom. The van der Waals surface area contributed by atoms with E-state index in [1.54, 1.807) is 12.3 Å². The van der Waals surface area contributed by atoms with Crippen LogP contribution in [-0.2, 0) is 11.5 Å². The molecule has 0 saturated carbocycles. The van der Waals surface area contributed by atoms with Crippen LogP contribution in [0.5, 0.6) is 5.75 Å². The number of hydrogen-bond donors (Lipinski definition) is 1. The van der Waals surface area contributed by atoms with Crippen molar-refractivity contribution in [2.24, 2.45) is 0 Å². The van der Waals surface area contributed by atoms with Crippen molar-refractivity contribution in [1.82, 2.24) is 4.57 Å². The summed E-state index contributed by atoms with van der Waals surface area (Å²) in [5.41, 5.74) is 0. The minimum absolute atomic E-state index is 0.291. The highest BCUT2D eigenvalue weighted by Gasteiger charge is 2.11. The maximum Gasteiger partial charge on any atom is 0.133 e. The molecule has 0 unspecified atom stereocenters. The van der Waals surface area contributed by atoms with Crippen molar-refractivity contribution in [3.05, 3.63) is 18.5 Å². The molecule has 0 aromatic carbocycles. The fraction of sp³-hybridized carbons (Fsp3) is 0.600. The number of rotatable bonds is 5. The Kier molecular flexibility index (Phi) is 3.77. The standard InChI is InChI=1S/C10H19NO2Si/c1-14(2,3)7-6-13-9-11-5-4-10(12)8-11/h4-5,8,12H,6-7,9H2,1-3H3. The van der Waals surface area contributed by atoms with Gasteiger partial charge >= 0.3 is 0 Å². The van der Waals surface area contributed by atoms with Gasteiger partial charge in [0.15, 0.2) is 0 Å². The number of aromatic nitrogens is 1. The molecule has 0 spiro atoms. The third-order valence-electron chi connectivity index (χ3n) is 1.97. The van der Waals surface area contributed by atoms with E-state index in [1.165, 1.54) is 6.04 Å². The maximum atomic E-state index is 9.07. The van der Waals surface area contributed by atoms with Gasteiger partial charge in [0, 0.05) is 27.1 Å². The first-order valence-electron chi connectivity index (χ1n) is 4.90. The molecule has 3 nitrogen and oxygen atoms in total. The van der Waals surface area contributed by atoms with E-state index in [0.717, 1.165) is 6.61 Å². The first kappa shape index (κ1) is 11.3. The Balaban J connectivity index is 2.16. The van der Waals surface area contributed by atoms with Crippen molar-refractivity contribution >= 4 is 8.07 Å². The van der Waals surface area contributed by atoms with Gasteiger partial charge in [0.2, 0.25) is 0 Å². The molecule has 1 rings (SSSR count). The fourth-order valence-corrected chi connectivity index (χ4v) is 1.81. The second-order valence-corrected chi connectivity index (χ2v) is 10.4. The molecular weight excluding hydrogens is 194 g/mol. The predicted octanol–water partition coefficient (Wildman–Crippen LogP) is 2.51. The minimum atomic E-state index is -0.974. The van der Waals surface area contributed by atoms with Gasteiger partial charge in [-0.3, -0.25) is 0 Å². The highest BCUT2D eigenvalue weighted by Crippen LogP contribution is 2.10. The van der Waals surface area contributed by atoms with E-state index >= 15 is 0 Å². The summed E-state index contributed by atoms with van der Waals surface area (Å²) in [6, 6.07) is 2.84. The van der Waals surface area contributed by atoms with Crippen LogP contribution in [0.1, 0.15) is 0 Å². The third kappa shape index (κ3) is 4.48. The second kappa shape index (κ2) is 4.66. The Labute approximate surface area is 86.3 Å². The maximum absolute atomic E-state index is 9.07. The first-order valence-corrected chi connectivity index (χ1v) is 8.60. The lowest BCUT2D eigenvalue weighted by Crippen LogP contribution is -2.21. The average molecular weight is 213 g/mol. The van der Waals surface area contributed by atoms with Gasteiger partial charge in [-0.25, -0.2) is 0 Å². The minimum Gasteiger partial charge on any atom is -0.506 e. The van der Waals surface area contributed by atoms with Gasteiger partial charge in [-0.1, -0.05) is 19.6 Å². The van der Waals surface area contributed by atoms with Crippen molar-refractivity contribution in [2.45, 2.75) is 32.4 Å². The molecule has 0 aliphatic rings. The van der Waals surface area contributed by atoms with Gasteiger partial charge < -0.3 is 14.4 Å². The van der Waals surface area contributed by atoms with E-state index in [1.807, 2.05) is 10.8 Å². The number of nitrogens with zero attached hydrogens (tertiary/aromatic N) is 1. The number of hydrogen-bond acceptors (Lipinski definition) is 2. The van der Waals surface area contributed by atoms with Crippen LogP contribution < -0.4 is 0 Å². The summed E-state index contributed by atoms with van der Waals surface area (Å²) in [6.45, 7) is 8.34. The summed E-state index contributed by atoms with van der Waals surface area (Å²) in [5, 5.41) is 9.07. The first-order chi connectivity index (χ1) is 6.47. The van der Waals surface area contributed by atoms with Crippen LogP contribution in [0.25, 0.3) is 0 Å². The van der Waals surface area contributed by atoms with E-state index in [-0.39, 0.29) is 0 Å². The molecule has 0 bridgehead atoms. The largest absolute Gasteiger partial charge is 0.506 e. The molecule has 1 aromatic heterocycles. The highest BCUT2D eigenvalue weighted by atomic mass is 28.3. The lowest BCUT2D eigenvalue weighted by molar-refractivity contribution is 0.0872. The van der Waals surface area contributed by atoms with Crippen molar-refractivity contribution in [1.29, 1.82) is 0 Å². The normalized spacial score (nSPS) is 11.9. The van der Waals surface area contributed by atoms with Gasteiger partial charge in [-0.2, -0.15) is 0 Å². The molecule has 0 aliphatic carbocycles. The zero-order chi connectivity index (χ0) is 10.6. The molecular formula is C10H19NO2Si. The topological polar surface area (TPSA) is 34.4 Å². The predicted molar refractivity (Wildman–Crippen MR) is 60.2 cm³/mol. The molecule has 0 aliphatic heterocycles. The molecule has 80 valence electrons. The smallest absolute Gasteiger partial charge is 0.133 e. The van der Waals surface area contributed by atoms with E-state index in [9.17, 15) is 0 Å². The Bertz CT molecular complexity index is 278. The molecule has 1 N–H and O–H groups in total. The van der Waals surface area contributed by atoms with E-state index < -0.39 is 8.07 Å². The molecule has 14 heavy (non-hydrogen) atoms. The van der Waals surface area contributed by atoms with Crippen molar-refractivity contribution in [3.63, 3.8) is 0 Å². The summed E-state index contributed by atoms with van der Waals surface area (Å²) >= 11 is 0.